The molecule has 28 heavy (non-hydrogen) atoms. The van der Waals surface area contributed by atoms with Crippen LogP contribution in [0.3, 0.4) is 0 Å². The topological polar surface area (TPSA) is 77.1 Å². The van der Waals surface area contributed by atoms with Gasteiger partial charge in [-0.1, -0.05) is 12.1 Å². The van der Waals surface area contributed by atoms with E-state index in [4.69, 9.17) is 14.2 Å². The maximum atomic E-state index is 12.6. The minimum Gasteiger partial charge on any atom is -0.493 e. The van der Waals surface area contributed by atoms with Gasteiger partial charge in [0.2, 0.25) is 17.6 Å². The van der Waals surface area contributed by atoms with E-state index in [0.717, 1.165) is 12.1 Å². The van der Waals surface area contributed by atoms with Gasteiger partial charge < -0.3 is 24.4 Å². The molecule has 0 unspecified atom stereocenters. The van der Waals surface area contributed by atoms with Crippen molar-refractivity contribution < 1.29 is 23.8 Å². The van der Waals surface area contributed by atoms with Crippen molar-refractivity contribution in [1.82, 2.24) is 0 Å². The molecule has 1 aliphatic heterocycles. The Kier molecular flexibility index (Phi) is 6.03. The first-order chi connectivity index (χ1) is 13.6. The molecule has 7 nitrogen and oxygen atoms in total. The van der Waals surface area contributed by atoms with Gasteiger partial charge in [-0.05, 0) is 30.7 Å². The van der Waals surface area contributed by atoms with E-state index in [9.17, 15) is 9.59 Å². The second kappa shape index (κ2) is 8.65. The molecule has 2 aromatic carbocycles. The van der Waals surface area contributed by atoms with Gasteiger partial charge in [-0.3, -0.25) is 9.59 Å². The van der Waals surface area contributed by atoms with Crippen molar-refractivity contribution in [2.75, 3.05) is 38.1 Å². The Morgan fingerprint density at radius 3 is 2.50 bits per heavy atom. The Hall–Kier alpha value is -3.22. The van der Waals surface area contributed by atoms with Gasteiger partial charge in [-0.15, -0.1) is 0 Å². The zero-order valence-corrected chi connectivity index (χ0v) is 16.3. The van der Waals surface area contributed by atoms with Crippen molar-refractivity contribution in [2.45, 2.75) is 19.3 Å². The van der Waals surface area contributed by atoms with Gasteiger partial charge in [0, 0.05) is 29.9 Å². The maximum absolute atomic E-state index is 12.6. The van der Waals surface area contributed by atoms with Crippen LogP contribution in [0.4, 0.5) is 11.4 Å². The van der Waals surface area contributed by atoms with Crippen molar-refractivity contribution in [3.63, 3.8) is 0 Å². The molecule has 1 N–H and O–H groups in total. The third kappa shape index (κ3) is 4.03. The van der Waals surface area contributed by atoms with Gasteiger partial charge in [0.15, 0.2) is 11.5 Å². The number of nitrogens with zero attached hydrogens (tertiary/aromatic N) is 1. The first kappa shape index (κ1) is 19.5. The smallest absolute Gasteiger partial charge is 0.228 e. The molecular formula is C21H24N2O5. The highest BCUT2D eigenvalue weighted by molar-refractivity contribution is 5.97. The van der Waals surface area contributed by atoms with Gasteiger partial charge >= 0.3 is 0 Å². The Morgan fingerprint density at radius 2 is 1.86 bits per heavy atom. The summed E-state index contributed by atoms with van der Waals surface area (Å²) in [5.74, 6) is 1.36. The van der Waals surface area contributed by atoms with Gasteiger partial charge in [-0.25, -0.2) is 0 Å². The van der Waals surface area contributed by atoms with E-state index in [0.29, 0.717) is 41.5 Å². The van der Waals surface area contributed by atoms with Crippen LogP contribution in [0.15, 0.2) is 36.4 Å². The highest BCUT2D eigenvalue weighted by Gasteiger charge is 2.22. The molecule has 2 aromatic rings. The Bertz CT molecular complexity index is 881. The van der Waals surface area contributed by atoms with Gasteiger partial charge in [0.1, 0.15) is 0 Å². The van der Waals surface area contributed by atoms with Crippen LogP contribution in [-0.2, 0) is 16.0 Å². The second-order valence-corrected chi connectivity index (χ2v) is 6.42. The standard InChI is InChI=1S/C21H24N2O5/c1-26-17-10-9-14(20(27-2)21(17)28-3)12-18(24)22-15-6-4-7-16(13-15)23-11-5-8-19(23)25/h4,6-7,9-10,13H,5,8,11-12H2,1-3H3,(H,22,24). The normalized spacial score (nSPS) is 13.4. The predicted octanol–water partition coefficient (Wildman–Crippen LogP) is 3.02. The highest BCUT2D eigenvalue weighted by atomic mass is 16.5. The molecule has 1 fully saturated rings. The molecule has 0 spiro atoms. The fraction of sp³-hybridized carbons (Fsp3) is 0.333. The summed E-state index contributed by atoms with van der Waals surface area (Å²) in [5.41, 5.74) is 2.12. The average Bonchev–Trinajstić information content (AvgIpc) is 3.13. The third-order valence-corrected chi connectivity index (χ3v) is 4.65. The van der Waals surface area contributed by atoms with Crippen LogP contribution in [0.2, 0.25) is 0 Å². The number of hydrogen-bond acceptors (Lipinski definition) is 5. The number of ether oxygens (including phenoxy) is 3. The quantitative estimate of drug-likeness (QED) is 0.794. The summed E-state index contributed by atoms with van der Waals surface area (Å²) in [6.07, 6.45) is 1.53. The van der Waals surface area contributed by atoms with Crippen molar-refractivity contribution in [2.24, 2.45) is 0 Å². The van der Waals surface area contributed by atoms with E-state index in [1.165, 1.54) is 14.2 Å². The summed E-state index contributed by atoms with van der Waals surface area (Å²) in [6.45, 7) is 0.707. The second-order valence-electron chi connectivity index (χ2n) is 6.42. The monoisotopic (exact) mass is 384 g/mol. The number of nitrogens with one attached hydrogen (secondary N) is 1. The molecule has 3 rings (SSSR count). The third-order valence-electron chi connectivity index (χ3n) is 4.65. The average molecular weight is 384 g/mol. The summed E-state index contributed by atoms with van der Waals surface area (Å²) >= 11 is 0. The van der Waals surface area contributed by atoms with Crippen LogP contribution in [0, 0.1) is 0 Å². The van der Waals surface area contributed by atoms with Crippen molar-refractivity contribution in [3.05, 3.63) is 42.0 Å². The minimum absolute atomic E-state index is 0.108. The molecule has 2 amide bonds. The van der Waals surface area contributed by atoms with Crippen LogP contribution in [-0.4, -0.2) is 39.7 Å². The number of rotatable bonds is 7. The SMILES string of the molecule is COc1ccc(CC(=O)Nc2cccc(N3CCCC3=O)c2)c(OC)c1OC. The van der Waals surface area contributed by atoms with E-state index >= 15 is 0 Å². The van der Waals surface area contributed by atoms with Gasteiger partial charge in [0.05, 0.1) is 27.8 Å². The molecule has 148 valence electrons. The van der Waals surface area contributed by atoms with Crippen molar-refractivity contribution >= 4 is 23.2 Å². The number of amides is 2. The lowest BCUT2D eigenvalue weighted by molar-refractivity contribution is -0.117. The Labute approximate surface area is 164 Å². The molecule has 0 radical (unpaired) electrons. The van der Waals surface area contributed by atoms with E-state index in [2.05, 4.69) is 5.32 Å². The van der Waals surface area contributed by atoms with E-state index in [1.54, 1.807) is 30.2 Å². The number of anilines is 2. The molecule has 0 aliphatic carbocycles. The fourth-order valence-corrected chi connectivity index (χ4v) is 3.35. The molecule has 1 heterocycles. The summed E-state index contributed by atoms with van der Waals surface area (Å²) in [6, 6.07) is 10.8. The zero-order chi connectivity index (χ0) is 20.1. The fourth-order valence-electron chi connectivity index (χ4n) is 3.35. The van der Waals surface area contributed by atoms with E-state index in [-0.39, 0.29) is 18.2 Å². The van der Waals surface area contributed by atoms with Crippen molar-refractivity contribution in [1.29, 1.82) is 0 Å². The number of carbonyl (C=O) groups is 2. The summed E-state index contributed by atoms with van der Waals surface area (Å²) in [4.78, 5) is 26.3. The van der Waals surface area contributed by atoms with E-state index in [1.807, 2.05) is 18.2 Å². The molecule has 0 saturated carbocycles. The summed E-state index contributed by atoms with van der Waals surface area (Å²) in [7, 11) is 4.59. The Morgan fingerprint density at radius 1 is 1.07 bits per heavy atom. The zero-order valence-electron chi connectivity index (χ0n) is 16.3. The molecule has 1 aliphatic rings. The lowest BCUT2D eigenvalue weighted by atomic mass is 10.1. The van der Waals surface area contributed by atoms with Gasteiger partial charge in [0.25, 0.3) is 0 Å². The number of benzene rings is 2. The van der Waals surface area contributed by atoms with E-state index < -0.39 is 0 Å². The lowest BCUT2D eigenvalue weighted by Crippen LogP contribution is -2.23. The molecule has 1 saturated heterocycles. The molecule has 0 bridgehead atoms. The van der Waals surface area contributed by atoms with Gasteiger partial charge in [-0.2, -0.15) is 0 Å². The molecule has 0 atom stereocenters. The lowest BCUT2D eigenvalue weighted by Gasteiger charge is -2.17. The van der Waals surface area contributed by atoms with Crippen LogP contribution >= 0.6 is 0 Å². The number of carbonyl (C=O) groups excluding carboxylic acids is 2. The minimum atomic E-state index is -0.199. The van der Waals surface area contributed by atoms with Crippen molar-refractivity contribution in [3.8, 4) is 17.2 Å². The number of methoxy groups -OCH3 is 3. The highest BCUT2D eigenvalue weighted by Crippen LogP contribution is 2.40. The van der Waals surface area contributed by atoms with Crippen LogP contribution in [0.25, 0.3) is 0 Å². The maximum Gasteiger partial charge on any atom is 0.228 e. The summed E-state index contributed by atoms with van der Waals surface area (Å²) in [5, 5.41) is 2.88. The van der Waals surface area contributed by atoms with Crippen LogP contribution in [0.1, 0.15) is 18.4 Å². The first-order valence-electron chi connectivity index (χ1n) is 9.05. The first-order valence-corrected chi connectivity index (χ1v) is 9.05. The largest absolute Gasteiger partial charge is 0.493 e. The molecule has 7 heteroatoms. The predicted molar refractivity (Wildman–Crippen MR) is 106 cm³/mol. The van der Waals surface area contributed by atoms with Crippen LogP contribution in [0.5, 0.6) is 17.2 Å². The molecular weight excluding hydrogens is 360 g/mol. The summed E-state index contributed by atoms with van der Waals surface area (Å²) < 4.78 is 16.1. The van der Waals surface area contributed by atoms with Crippen LogP contribution < -0.4 is 24.4 Å². The number of hydrogen-bond donors (Lipinski definition) is 1. The Balaban J connectivity index is 1.75. The molecule has 0 aromatic heterocycles.